The molecule has 0 saturated heterocycles. The molecule has 0 heterocycles. The Morgan fingerprint density at radius 3 is 1.86 bits per heavy atom. The van der Waals surface area contributed by atoms with Gasteiger partial charge in [0.2, 0.25) is 5.75 Å². The van der Waals surface area contributed by atoms with E-state index >= 15 is 0 Å². The van der Waals surface area contributed by atoms with Crippen molar-refractivity contribution in [2.45, 2.75) is 26.1 Å². The molecule has 0 aromatic heterocycles. The molecule has 0 aliphatic heterocycles. The second kappa shape index (κ2) is 18.2. The molecule has 1 unspecified atom stereocenters. The van der Waals surface area contributed by atoms with E-state index in [9.17, 15) is 14.5 Å². The first-order chi connectivity index (χ1) is 24.6. The summed E-state index contributed by atoms with van der Waals surface area (Å²) >= 11 is 0. The smallest absolute Gasteiger partial charge is 0.357 e. The summed E-state index contributed by atoms with van der Waals surface area (Å²) in [6.07, 6.45) is 3.71. The highest BCUT2D eigenvalue weighted by Crippen LogP contribution is 2.61. The number of carbonyl (C=O) groups is 1. The molecule has 0 bridgehead atoms. The number of phenols is 1. The van der Waals surface area contributed by atoms with Gasteiger partial charge in [0.1, 0.15) is 0 Å². The van der Waals surface area contributed by atoms with Crippen molar-refractivity contribution in [3.63, 3.8) is 0 Å². The fourth-order valence-electron chi connectivity index (χ4n) is 5.22. The molecule has 13 heteroatoms. The molecule has 0 aliphatic rings. The van der Waals surface area contributed by atoms with Gasteiger partial charge in [0.05, 0.1) is 55.2 Å². The van der Waals surface area contributed by atoms with Gasteiger partial charge >= 0.3 is 13.6 Å². The Morgan fingerprint density at radius 2 is 1.29 bits per heavy atom. The van der Waals surface area contributed by atoms with Crippen LogP contribution >= 0.6 is 7.60 Å². The molecule has 1 atom stereocenters. The summed E-state index contributed by atoms with van der Waals surface area (Å²) in [4.78, 5) is 13.1. The second-order valence-corrected chi connectivity index (χ2v) is 13.0. The van der Waals surface area contributed by atoms with Crippen molar-refractivity contribution in [2.24, 2.45) is 0 Å². The summed E-state index contributed by atoms with van der Waals surface area (Å²) in [7, 11) is 3.85. The molecule has 4 rings (SSSR count). The lowest BCUT2D eigenvalue weighted by Crippen LogP contribution is -2.16. The Morgan fingerprint density at radius 1 is 0.706 bits per heavy atom. The summed E-state index contributed by atoms with van der Waals surface area (Å²) in [5.74, 6) is 0.948. The first kappa shape index (κ1) is 38.6. The number of anilines is 1. The molecule has 12 nitrogen and oxygen atoms in total. The molecule has 51 heavy (non-hydrogen) atoms. The number of aromatic hydroxyl groups is 1. The maximum atomic E-state index is 14.0. The topological polar surface area (TPSA) is 140 Å². The van der Waals surface area contributed by atoms with Crippen LogP contribution in [0.4, 0.5) is 5.69 Å². The Hall–Kier alpha value is -5.16. The van der Waals surface area contributed by atoms with Gasteiger partial charge < -0.3 is 47.9 Å². The highest BCUT2D eigenvalue weighted by atomic mass is 31.2. The van der Waals surface area contributed by atoms with Gasteiger partial charge in [0.25, 0.3) is 0 Å². The average molecular weight is 722 g/mol. The lowest BCUT2D eigenvalue weighted by atomic mass is 10.1. The van der Waals surface area contributed by atoms with Crippen LogP contribution in [0.15, 0.2) is 72.8 Å². The molecule has 0 radical (unpaired) electrons. The van der Waals surface area contributed by atoms with E-state index in [0.29, 0.717) is 39.8 Å². The zero-order chi connectivity index (χ0) is 37.0. The van der Waals surface area contributed by atoms with E-state index in [-0.39, 0.29) is 36.9 Å². The zero-order valence-corrected chi connectivity index (χ0v) is 30.7. The molecule has 0 aliphatic carbocycles. The standard InChI is InChI=1S/C38H44NO11P/c1-8-48-51(42,49-9-2)38(28-15-18-30(40)32(24-28)44-4)39-29-16-12-26(13-17-29)23-36(41)50-33-20-25(14-19-31(33)43-3)10-11-27-21-34(45-5)37(47-7)35(22-27)46-6/h10-22,24,38-40H,8-9,23H2,1-7H3/b11-10-. The van der Waals surface area contributed by atoms with Crippen LogP contribution in [0.2, 0.25) is 0 Å². The normalized spacial score (nSPS) is 11.9. The molecule has 0 spiro atoms. The average Bonchev–Trinajstić information content (AvgIpc) is 3.13. The lowest BCUT2D eigenvalue weighted by Gasteiger charge is -2.28. The van der Waals surface area contributed by atoms with Crippen molar-refractivity contribution in [1.29, 1.82) is 0 Å². The van der Waals surface area contributed by atoms with Gasteiger partial charge in [0.15, 0.2) is 40.3 Å². The molecule has 0 amide bonds. The number of hydrogen-bond donors (Lipinski definition) is 2. The quantitative estimate of drug-likeness (QED) is 0.0444. The number of nitrogens with one attached hydrogen (secondary N) is 1. The fraction of sp³-hybridized carbons (Fsp3) is 0.289. The van der Waals surface area contributed by atoms with Crippen molar-refractivity contribution < 1.29 is 51.9 Å². The summed E-state index contributed by atoms with van der Waals surface area (Å²) in [6, 6.07) is 20.6. The van der Waals surface area contributed by atoms with Crippen molar-refractivity contribution in [3.05, 3.63) is 95.1 Å². The van der Waals surface area contributed by atoms with Crippen LogP contribution < -0.4 is 33.7 Å². The van der Waals surface area contributed by atoms with Crippen LogP contribution in [-0.2, 0) is 24.8 Å². The molecule has 272 valence electrons. The highest BCUT2D eigenvalue weighted by Gasteiger charge is 2.37. The molecular weight excluding hydrogens is 677 g/mol. The minimum absolute atomic E-state index is 0.0239. The van der Waals surface area contributed by atoms with Gasteiger partial charge in [-0.15, -0.1) is 0 Å². The van der Waals surface area contributed by atoms with Crippen LogP contribution in [0, 0.1) is 0 Å². The van der Waals surface area contributed by atoms with Crippen molar-refractivity contribution in [1.82, 2.24) is 0 Å². The minimum Gasteiger partial charge on any atom is -0.504 e. The number of esters is 1. The van der Waals surface area contributed by atoms with Crippen LogP contribution in [0.1, 0.15) is 41.9 Å². The molecular formula is C38H44NO11P. The summed E-state index contributed by atoms with van der Waals surface area (Å²) < 4.78 is 58.1. The molecule has 4 aromatic rings. The number of methoxy groups -OCH3 is 5. The van der Waals surface area contributed by atoms with Crippen LogP contribution in [0.25, 0.3) is 12.2 Å². The first-order valence-electron chi connectivity index (χ1n) is 16.1. The largest absolute Gasteiger partial charge is 0.504 e. The minimum atomic E-state index is -3.74. The van der Waals surface area contributed by atoms with E-state index in [2.05, 4.69) is 5.32 Å². The lowest BCUT2D eigenvalue weighted by molar-refractivity contribution is -0.133. The SMILES string of the molecule is CCOP(=O)(OCC)C(Nc1ccc(CC(=O)Oc2cc(/C=C\c3cc(OC)c(OC)c(OC)c3)ccc2OC)cc1)c1ccc(O)c(OC)c1. The second-order valence-electron chi connectivity index (χ2n) is 10.9. The van der Waals surface area contributed by atoms with Gasteiger partial charge in [-0.3, -0.25) is 9.36 Å². The van der Waals surface area contributed by atoms with E-state index in [1.54, 1.807) is 83.7 Å². The van der Waals surface area contributed by atoms with Crippen molar-refractivity contribution in [2.75, 3.05) is 54.1 Å². The molecule has 0 saturated carbocycles. The molecule has 2 N–H and O–H groups in total. The summed E-state index contributed by atoms with van der Waals surface area (Å²) in [5, 5.41) is 13.4. The Labute approximate surface area is 298 Å². The van der Waals surface area contributed by atoms with Crippen molar-refractivity contribution in [3.8, 4) is 40.2 Å². The first-order valence-corrected chi connectivity index (χ1v) is 17.7. The maximum Gasteiger partial charge on any atom is 0.357 e. The van der Waals surface area contributed by atoms with E-state index in [4.69, 9.17) is 37.5 Å². The highest BCUT2D eigenvalue weighted by molar-refractivity contribution is 7.54. The maximum absolute atomic E-state index is 14.0. The van der Waals surface area contributed by atoms with Gasteiger partial charge in [0, 0.05) is 5.69 Å². The summed E-state index contributed by atoms with van der Waals surface area (Å²) in [6.45, 7) is 3.77. The number of hydrogen-bond acceptors (Lipinski definition) is 12. The number of ether oxygens (including phenoxy) is 6. The monoisotopic (exact) mass is 721 g/mol. The Kier molecular flexibility index (Phi) is 13.8. The number of carbonyl (C=O) groups excluding carboxylic acids is 1. The Bertz CT molecular complexity index is 1820. The van der Waals surface area contributed by atoms with Gasteiger partial charge in [-0.25, -0.2) is 0 Å². The molecule has 4 aromatic carbocycles. The predicted octanol–water partition coefficient (Wildman–Crippen LogP) is 8.13. The van der Waals surface area contributed by atoms with E-state index in [1.165, 1.54) is 20.3 Å². The predicted molar refractivity (Wildman–Crippen MR) is 196 cm³/mol. The van der Waals surface area contributed by atoms with E-state index in [1.807, 2.05) is 30.4 Å². The van der Waals surface area contributed by atoms with Crippen LogP contribution in [0.3, 0.4) is 0 Å². The van der Waals surface area contributed by atoms with E-state index in [0.717, 1.165) is 11.1 Å². The van der Waals surface area contributed by atoms with Gasteiger partial charge in [-0.2, -0.15) is 0 Å². The molecule has 0 fully saturated rings. The number of phenolic OH excluding ortho intramolecular Hbond substituents is 1. The van der Waals surface area contributed by atoms with Gasteiger partial charge in [-0.1, -0.05) is 36.4 Å². The van der Waals surface area contributed by atoms with E-state index < -0.39 is 19.3 Å². The third-order valence-corrected chi connectivity index (χ3v) is 9.92. The third-order valence-electron chi connectivity index (χ3n) is 7.63. The van der Waals surface area contributed by atoms with Gasteiger partial charge in [-0.05, 0) is 84.6 Å². The Balaban J connectivity index is 1.50. The van der Waals surface area contributed by atoms with Crippen LogP contribution in [-0.4, -0.2) is 59.8 Å². The number of benzene rings is 4. The van der Waals surface area contributed by atoms with Crippen molar-refractivity contribution >= 4 is 31.4 Å². The third kappa shape index (κ3) is 9.76. The fourth-order valence-corrected chi connectivity index (χ4v) is 7.15. The zero-order valence-electron chi connectivity index (χ0n) is 29.8. The number of rotatable bonds is 18. The van der Waals surface area contributed by atoms with Crippen LogP contribution in [0.5, 0.6) is 40.2 Å². The summed E-state index contributed by atoms with van der Waals surface area (Å²) in [5.41, 5.74) is 3.38.